The molecule has 0 atom stereocenters. The third-order valence-corrected chi connectivity index (χ3v) is 6.23. The number of aryl methyl sites for hydroxylation is 2. The number of aldehydes is 1. The molecule has 1 aliphatic carbocycles. The van der Waals surface area contributed by atoms with Crippen LogP contribution in [0.25, 0.3) is 11.3 Å². The van der Waals surface area contributed by atoms with Crippen LogP contribution < -0.4 is 16.2 Å². The minimum absolute atomic E-state index is 0.0589. The number of benzene rings is 1. The average molecular weight is 461 g/mol. The molecule has 0 spiro atoms. The number of amides is 1. The van der Waals surface area contributed by atoms with Crippen molar-refractivity contribution in [2.75, 3.05) is 5.32 Å². The largest absolute Gasteiger partial charge is 0.453 e. The van der Waals surface area contributed by atoms with Gasteiger partial charge in [0.2, 0.25) is 0 Å². The quantitative estimate of drug-likeness (QED) is 0.294. The first-order chi connectivity index (χ1) is 16.4. The zero-order valence-corrected chi connectivity index (χ0v) is 19.3. The van der Waals surface area contributed by atoms with Gasteiger partial charge in [-0.25, -0.2) is 0 Å². The van der Waals surface area contributed by atoms with E-state index in [1.165, 1.54) is 6.21 Å². The number of furan rings is 1. The summed E-state index contributed by atoms with van der Waals surface area (Å²) >= 11 is 0. The van der Waals surface area contributed by atoms with E-state index in [0.717, 1.165) is 36.9 Å². The summed E-state index contributed by atoms with van der Waals surface area (Å²) in [6, 6.07) is 8.87. The van der Waals surface area contributed by atoms with Gasteiger partial charge in [-0.05, 0) is 62.6 Å². The van der Waals surface area contributed by atoms with E-state index in [4.69, 9.17) is 9.83 Å². The molecule has 1 aliphatic rings. The zero-order chi connectivity index (χ0) is 24.2. The van der Waals surface area contributed by atoms with Gasteiger partial charge >= 0.3 is 0 Å². The fourth-order valence-electron chi connectivity index (χ4n) is 4.48. The van der Waals surface area contributed by atoms with Crippen LogP contribution in [0.1, 0.15) is 69.0 Å². The molecule has 4 rings (SSSR count). The summed E-state index contributed by atoms with van der Waals surface area (Å²) < 4.78 is 5.59. The zero-order valence-electron chi connectivity index (χ0n) is 19.3. The van der Waals surface area contributed by atoms with E-state index in [9.17, 15) is 14.4 Å². The molecule has 8 heteroatoms. The highest BCUT2D eigenvalue weighted by molar-refractivity contribution is 6.06. The van der Waals surface area contributed by atoms with Crippen molar-refractivity contribution in [2.45, 2.75) is 52.1 Å². The number of hydrogen-bond donors (Lipinski definition) is 4. The Hall–Kier alpha value is -3.94. The number of nitrogens with one attached hydrogen (secondary N) is 4. The van der Waals surface area contributed by atoms with Gasteiger partial charge in [0.05, 0.1) is 5.56 Å². The second-order valence-electron chi connectivity index (χ2n) is 8.70. The molecule has 0 radical (unpaired) electrons. The molecule has 1 amide bonds. The Morgan fingerprint density at radius 1 is 1.21 bits per heavy atom. The van der Waals surface area contributed by atoms with Crippen molar-refractivity contribution in [3.63, 3.8) is 0 Å². The fraction of sp³-hybridized carbons (Fsp3) is 0.308. The van der Waals surface area contributed by atoms with E-state index in [0.29, 0.717) is 40.0 Å². The summed E-state index contributed by atoms with van der Waals surface area (Å²) in [5.74, 6) is 0.237. The number of anilines is 1. The smallest absolute Gasteiger partial charge is 0.253 e. The Kier molecular flexibility index (Phi) is 6.77. The molecule has 0 saturated heterocycles. The molecular weight excluding hydrogens is 432 g/mol. The second kappa shape index (κ2) is 9.91. The first-order valence-corrected chi connectivity index (χ1v) is 11.4. The topological polar surface area (TPSA) is 128 Å². The van der Waals surface area contributed by atoms with Gasteiger partial charge in [-0.2, -0.15) is 0 Å². The number of rotatable bonds is 8. The Bertz CT molecular complexity index is 1300. The summed E-state index contributed by atoms with van der Waals surface area (Å²) in [5.41, 5.74) is 3.84. The minimum atomic E-state index is -0.406. The summed E-state index contributed by atoms with van der Waals surface area (Å²) in [6.45, 7) is 3.70. The number of hydrogen-bond acceptors (Lipinski definition) is 6. The molecule has 0 unspecified atom stereocenters. The number of carbonyl (C=O) groups is 2. The highest BCUT2D eigenvalue weighted by Gasteiger charge is 2.21. The number of aromatic nitrogens is 1. The third kappa shape index (κ3) is 4.85. The van der Waals surface area contributed by atoms with Gasteiger partial charge in [0.25, 0.3) is 11.5 Å². The summed E-state index contributed by atoms with van der Waals surface area (Å²) in [5, 5.41) is 14.3. The molecule has 1 aromatic carbocycles. The maximum absolute atomic E-state index is 13.3. The number of pyridine rings is 1. The molecule has 4 N–H and O–H groups in total. The van der Waals surface area contributed by atoms with Crippen LogP contribution in [-0.2, 0) is 6.54 Å². The molecule has 3 aromatic rings. The van der Waals surface area contributed by atoms with Gasteiger partial charge in [-0.15, -0.1) is 0 Å². The van der Waals surface area contributed by atoms with Crippen molar-refractivity contribution in [3.05, 3.63) is 74.4 Å². The van der Waals surface area contributed by atoms with E-state index in [2.05, 4.69) is 15.6 Å². The van der Waals surface area contributed by atoms with Crippen molar-refractivity contribution in [1.82, 2.24) is 10.3 Å². The number of carbonyl (C=O) groups excluding carboxylic acids is 2. The Labute approximate surface area is 197 Å². The van der Waals surface area contributed by atoms with Crippen LogP contribution in [-0.4, -0.2) is 29.4 Å². The number of aromatic amines is 1. The summed E-state index contributed by atoms with van der Waals surface area (Å²) in [4.78, 5) is 39.5. The van der Waals surface area contributed by atoms with Crippen molar-refractivity contribution in [3.8, 4) is 11.3 Å². The summed E-state index contributed by atoms with van der Waals surface area (Å²) in [6.07, 6.45) is 6.11. The van der Waals surface area contributed by atoms with E-state index >= 15 is 0 Å². The lowest BCUT2D eigenvalue weighted by Crippen LogP contribution is -2.29. The SMILES string of the molecule is Cc1cc(C)c(CNC(=O)c2cc(-c3ccc(C=O)o3)cc(NC3CCCC3)c2C=N)c(=O)[nH]1. The van der Waals surface area contributed by atoms with Crippen LogP contribution in [0.2, 0.25) is 0 Å². The Balaban J connectivity index is 1.71. The van der Waals surface area contributed by atoms with E-state index < -0.39 is 5.91 Å². The molecule has 34 heavy (non-hydrogen) atoms. The summed E-state index contributed by atoms with van der Waals surface area (Å²) in [7, 11) is 0. The van der Waals surface area contributed by atoms with Crippen molar-refractivity contribution >= 4 is 24.1 Å². The highest BCUT2D eigenvalue weighted by Crippen LogP contribution is 2.32. The molecule has 8 nitrogen and oxygen atoms in total. The third-order valence-electron chi connectivity index (χ3n) is 6.23. The molecule has 1 saturated carbocycles. The number of H-pyrrole nitrogens is 1. The standard InChI is InChI=1S/C26H28N4O4/c1-15-9-16(2)29-26(33)22(15)13-28-25(32)20-10-17(24-8-7-19(14-31)34-24)11-23(21(20)12-27)30-18-5-3-4-6-18/h7-12,14,18,27,30H,3-6,13H2,1-2H3,(H,28,32)(H,29,33). The molecule has 0 bridgehead atoms. The maximum atomic E-state index is 13.3. The van der Waals surface area contributed by atoms with E-state index in [-0.39, 0.29) is 23.9 Å². The lowest BCUT2D eigenvalue weighted by molar-refractivity contribution is 0.0950. The van der Waals surface area contributed by atoms with Crippen LogP contribution in [0.15, 0.2) is 39.5 Å². The van der Waals surface area contributed by atoms with Crippen molar-refractivity contribution < 1.29 is 14.0 Å². The van der Waals surface area contributed by atoms with E-state index in [1.807, 2.05) is 26.0 Å². The van der Waals surface area contributed by atoms with Crippen LogP contribution in [0.3, 0.4) is 0 Å². The fourth-order valence-corrected chi connectivity index (χ4v) is 4.48. The molecule has 2 heterocycles. The minimum Gasteiger partial charge on any atom is -0.453 e. The molecular formula is C26H28N4O4. The van der Waals surface area contributed by atoms with Gasteiger partial charge in [0.1, 0.15) is 5.76 Å². The Morgan fingerprint density at radius 2 is 1.97 bits per heavy atom. The second-order valence-corrected chi connectivity index (χ2v) is 8.70. The van der Waals surface area contributed by atoms with Gasteiger partial charge in [0, 0.05) is 46.9 Å². The van der Waals surface area contributed by atoms with Gasteiger partial charge in [-0.3, -0.25) is 14.4 Å². The molecule has 1 fully saturated rings. The predicted molar refractivity (Wildman–Crippen MR) is 131 cm³/mol. The van der Waals surface area contributed by atoms with Crippen LogP contribution in [0.4, 0.5) is 5.69 Å². The van der Waals surface area contributed by atoms with E-state index in [1.54, 1.807) is 18.2 Å². The van der Waals surface area contributed by atoms with Gasteiger partial charge in [-0.1, -0.05) is 12.8 Å². The monoisotopic (exact) mass is 460 g/mol. The average Bonchev–Trinajstić information content (AvgIpc) is 3.49. The van der Waals surface area contributed by atoms with Gasteiger partial charge < -0.3 is 25.4 Å². The first kappa shape index (κ1) is 23.2. The van der Waals surface area contributed by atoms with Crippen LogP contribution in [0, 0.1) is 19.3 Å². The van der Waals surface area contributed by atoms with Crippen LogP contribution in [0.5, 0.6) is 0 Å². The van der Waals surface area contributed by atoms with Crippen molar-refractivity contribution in [2.24, 2.45) is 0 Å². The lowest BCUT2D eigenvalue weighted by Gasteiger charge is -2.19. The van der Waals surface area contributed by atoms with Crippen LogP contribution >= 0.6 is 0 Å². The molecule has 176 valence electrons. The molecule has 0 aliphatic heterocycles. The molecule has 2 aromatic heterocycles. The normalized spacial score (nSPS) is 13.6. The lowest BCUT2D eigenvalue weighted by atomic mass is 9.99. The maximum Gasteiger partial charge on any atom is 0.253 e. The predicted octanol–water partition coefficient (Wildman–Crippen LogP) is 4.35. The highest BCUT2D eigenvalue weighted by atomic mass is 16.3. The van der Waals surface area contributed by atoms with Gasteiger partial charge in [0.15, 0.2) is 12.0 Å². The van der Waals surface area contributed by atoms with Crippen molar-refractivity contribution in [1.29, 1.82) is 5.41 Å². The first-order valence-electron chi connectivity index (χ1n) is 11.4. The Morgan fingerprint density at radius 3 is 2.62 bits per heavy atom.